The number of piperidine rings is 1. The molecule has 8 heteroatoms. The number of pyridine rings is 1. The van der Waals surface area contributed by atoms with E-state index in [0.717, 1.165) is 28.7 Å². The minimum absolute atomic E-state index is 0.360. The SMILES string of the molecule is Cc1cc2nccn2cc1C1CCN(S(=O)(=O)c2ccc3ncsc3c2)CC1. The van der Waals surface area contributed by atoms with E-state index in [4.69, 9.17) is 0 Å². The van der Waals surface area contributed by atoms with Crippen LogP contribution in [0.2, 0.25) is 0 Å². The van der Waals surface area contributed by atoms with Crippen molar-refractivity contribution >= 4 is 37.2 Å². The van der Waals surface area contributed by atoms with Crippen molar-refractivity contribution in [3.63, 3.8) is 0 Å². The van der Waals surface area contributed by atoms with Crippen LogP contribution >= 0.6 is 11.3 Å². The standard InChI is InChI=1S/C20H20N4O2S2/c1-14-10-20-21-6-9-23(20)12-17(14)15-4-7-24(8-5-15)28(25,26)16-2-3-18-19(11-16)27-13-22-18/h2-3,6,9-13,15H,4-5,7-8H2,1H3. The fraction of sp³-hybridized carbons (Fsp3) is 0.300. The molecule has 0 bridgehead atoms. The van der Waals surface area contributed by atoms with Crippen molar-refractivity contribution in [1.29, 1.82) is 0 Å². The van der Waals surface area contributed by atoms with Crippen LogP contribution in [0.15, 0.2) is 53.3 Å². The Morgan fingerprint density at radius 3 is 2.79 bits per heavy atom. The predicted molar refractivity (Wildman–Crippen MR) is 110 cm³/mol. The van der Waals surface area contributed by atoms with Crippen LogP contribution in [0.4, 0.5) is 0 Å². The lowest BCUT2D eigenvalue weighted by Crippen LogP contribution is -2.38. The topological polar surface area (TPSA) is 67.6 Å². The molecule has 0 atom stereocenters. The van der Waals surface area contributed by atoms with Crippen LogP contribution in [0.5, 0.6) is 0 Å². The zero-order valence-corrected chi connectivity index (χ0v) is 17.1. The number of aryl methyl sites for hydroxylation is 1. The number of rotatable bonds is 3. The van der Waals surface area contributed by atoms with E-state index in [9.17, 15) is 8.42 Å². The third-order valence-corrected chi connectivity index (χ3v) is 8.30. The summed E-state index contributed by atoms with van der Waals surface area (Å²) in [6.45, 7) is 3.18. The minimum atomic E-state index is -3.48. The average molecular weight is 413 g/mol. The van der Waals surface area contributed by atoms with E-state index in [-0.39, 0.29) is 0 Å². The summed E-state index contributed by atoms with van der Waals surface area (Å²) in [6, 6.07) is 7.30. The Balaban J connectivity index is 1.37. The van der Waals surface area contributed by atoms with Gasteiger partial charge >= 0.3 is 0 Å². The fourth-order valence-electron chi connectivity index (χ4n) is 4.05. The molecule has 3 aromatic heterocycles. The zero-order chi connectivity index (χ0) is 19.3. The molecule has 28 heavy (non-hydrogen) atoms. The quantitative estimate of drug-likeness (QED) is 0.513. The third kappa shape index (κ3) is 2.92. The Hall–Kier alpha value is -2.29. The number of aromatic nitrogens is 3. The smallest absolute Gasteiger partial charge is 0.243 e. The van der Waals surface area contributed by atoms with E-state index in [0.29, 0.717) is 23.9 Å². The van der Waals surface area contributed by atoms with Crippen molar-refractivity contribution in [2.24, 2.45) is 0 Å². The summed E-state index contributed by atoms with van der Waals surface area (Å²) in [5, 5.41) is 0. The molecule has 0 radical (unpaired) electrons. The van der Waals surface area contributed by atoms with Gasteiger partial charge in [0, 0.05) is 31.7 Å². The normalized spacial score (nSPS) is 16.9. The molecule has 5 rings (SSSR count). The molecule has 0 amide bonds. The molecule has 1 aliphatic heterocycles. The minimum Gasteiger partial charge on any atom is -0.307 e. The molecule has 1 aromatic carbocycles. The molecule has 4 heterocycles. The van der Waals surface area contributed by atoms with Gasteiger partial charge in [-0.15, -0.1) is 11.3 Å². The molecule has 1 fully saturated rings. The van der Waals surface area contributed by atoms with Crippen molar-refractivity contribution < 1.29 is 8.42 Å². The van der Waals surface area contributed by atoms with Gasteiger partial charge in [0.1, 0.15) is 5.65 Å². The van der Waals surface area contributed by atoms with Gasteiger partial charge in [0.05, 0.1) is 20.6 Å². The first-order valence-electron chi connectivity index (χ1n) is 9.29. The summed E-state index contributed by atoms with van der Waals surface area (Å²) in [6.07, 6.45) is 7.54. The van der Waals surface area contributed by atoms with E-state index in [1.165, 1.54) is 22.5 Å². The molecule has 0 unspecified atom stereocenters. The largest absolute Gasteiger partial charge is 0.307 e. The highest BCUT2D eigenvalue weighted by atomic mass is 32.2. The summed E-state index contributed by atoms with van der Waals surface area (Å²) >= 11 is 1.46. The second kappa shape index (κ2) is 6.65. The Morgan fingerprint density at radius 1 is 1.14 bits per heavy atom. The van der Waals surface area contributed by atoms with Gasteiger partial charge in [0.2, 0.25) is 10.0 Å². The highest BCUT2D eigenvalue weighted by Crippen LogP contribution is 2.33. The molecule has 6 nitrogen and oxygen atoms in total. The van der Waals surface area contributed by atoms with E-state index in [1.807, 2.05) is 10.6 Å². The summed E-state index contributed by atoms with van der Waals surface area (Å²) < 4.78 is 30.8. The average Bonchev–Trinajstić information content (AvgIpc) is 3.35. The highest BCUT2D eigenvalue weighted by Gasteiger charge is 2.30. The van der Waals surface area contributed by atoms with Crippen LogP contribution in [0.1, 0.15) is 29.9 Å². The van der Waals surface area contributed by atoms with Gasteiger partial charge in [-0.1, -0.05) is 0 Å². The first-order chi connectivity index (χ1) is 13.5. The fourth-order valence-corrected chi connectivity index (χ4v) is 6.34. The van der Waals surface area contributed by atoms with Crippen molar-refractivity contribution in [2.75, 3.05) is 13.1 Å². The van der Waals surface area contributed by atoms with E-state index in [2.05, 4.69) is 29.2 Å². The van der Waals surface area contributed by atoms with Crippen molar-refractivity contribution in [3.8, 4) is 0 Å². The van der Waals surface area contributed by atoms with Crippen molar-refractivity contribution in [1.82, 2.24) is 18.7 Å². The van der Waals surface area contributed by atoms with Crippen LogP contribution in [0.25, 0.3) is 15.9 Å². The molecule has 1 saturated heterocycles. The first kappa shape index (κ1) is 17.8. The van der Waals surface area contributed by atoms with Gasteiger partial charge < -0.3 is 4.40 Å². The summed E-state index contributed by atoms with van der Waals surface area (Å²) in [7, 11) is -3.48. The zero-order valence-electron chi connectivity index (χ0n) is 15.4. The molecule has 0 spiro atoms. The van der Waals surface area contributed by atoms with Gasteiger partial charge in [-0.05, 0) is 61.1 Å². The van der Waals surface area contributed by atoms with Crippen LogP contribution < -0.4 is 0 Å². The lowest BCUT2D eigenvalue weighted by Gasteiger charge is -2.32. The van der Waals surface area contributed by atoms with E-state index >= 15 is 0 Å². The Bertz CT molecular complexity index is 1270. The third-order valence-electron chi connectivity index (χ3n) is 5.61. The van der Waals surface area contributed by atoms with Gasteiger partial charge in [-0.3, -0.25) is 0 Å². The van der Waals surface area contributed by atoms with E-state index in [1.54, 1.807) is 34.2 Å². The number of hydrogen-bond donors (Lipinski definition) is 0. The number of nitrogens with zero attached hydrogens (tertiary/aromatic N) is 4. The lowest BCUT2D eigenvalue weighted by atomic mass is 9.89. The molecule has 0 N–H and O–H groups in total. The number of sulfonamides is 1. The number of hydrogen-bond acceptors (Lipinski definition) is 5. The second-order valence-electron chi connectivity index (χ2n) is 7.26. The number of thiazole rings is 1. The molecule has 0 aliphatic carbocycles. The van der Waals surface area contributed by atoms with Crippen molar-refractivity contribution in [3.05, 3.63) is 59.5 Å². The summed E-state index contributed by atoms with van der Waals surface area (Å²) in [5.41, 5.74) is 6.03. The molecule has 0 saturated carbocycles. The highest BCUT2D eigenvalue weighted by molar-refractivity contribution is 7.89. The number of benzene rings is 1. The maximum absolute atomic E-state index is 13.1. The summed E-state index contributed by atoms with van der Waals surface area (Å²) in [4.78, 5) is 8.92. The Labute approximate surface area is 167 Å². The van der Waals surface area contributed by atoms with Gasteiger partial charge in [-0.25, -0.2) is 18.4 Å². The Morgan fingerprint density at radius 2 is 1.96 bits per heavy atom. The molecule has 144 valence electrons. The monoisotopic (exact) mass is 412 g/mol. The maximum Gasteiger partial charge on any atom is 0.243 e. The number of imidazole rings is 1. The first-order valence-corrected chi connectivity index (χ1v) is 11.6. The molecular weight excluding hydrogens is 392 g/mol. The summed E-state index contributed by atoms with van der Waals surface area (Å²) in [5.74, 6) is 0.363. The van der Waals surface area contributed by atoms with Crippen LogP contribution in [-0.2, 0) is 10.0 Å². The van der Waals surface area contributed by atoms with Crippen molar-refractivity contribution in [2.45, 2.75) is 30.6 Å². The van der Waals surface area contributed by atoms with Crippen LogP contribution in [0, 0.1) is 6.92 Å². The van der Waals surface area contributed by atoms with Crippen LogP contribution in [-0.4, -0.2) is 40.2 Å². The lowest BCUT2D eigenvalue weighted by molar-refractivity contribution is 0.319. The maximum atomic E-state index is 13.1. The van der Waals surface area contributed by atoms with Gasteiger partial charge in [0.15, 0.2) is 0 Å². The van der Waals surface area contributed by atoms with Crippen LogP contribution in [0.3, 0.4) is 0 Å². The molecule has 1 aliphatic rings. The van der Waals surface area contributed by atoms with E-state index < -0.39 is 10.0 Å². The predicted octanol–water partition coefficient (Wildman–Crippen LogP) is 3.82. The van der Waals surface area contributed by atoms with Gasteiger partial charge in [0.25, 0.3) is 0 Å². The molecular formula is C20H20N4O2S2. The Kier molecular flexibility index (Phi) is 4.22. The second-order valence-corrected chi connectivity index (χ2v) is 10.1. The molecule has 4 aromatic rings. The number of fused-ring (bicyclic) bond motifs is 2. The van der Waals surface area contributed by atoms with Gasteiger partial charge in [-0.2, -0.15) is 4.31 Å².